The molecule has 0 radical (unpaired) electrons. The summed E-state index contributed by atoms with van der Waals surface area (Å²) in [6.45, 7) is 2.91. The Kier molecular flexibility index (Phi) is 6.08. The zero-order valence-corrected chi connectivity index (χ0v) is 17.2. The van der Waals surface area contributed by atoms with E-state index in [0.717, 1.165) is 19.3 Å². The van der Waals surface area contributed by atoms with Crippen molar-refractivity contribution in [1.29, 1.82) is 0 Å². The summed E-state index contributed by atoms with van der Waals surface area (Å²) in [5.74, 6) is 1.69. The van der Waals surface area contributed by atoms with E-state index in [1.165, 1.54) is 4.90 Å². The fourth-order valence-corrected chi connectivity index (χ4v) is 3.34. The second-order valence-corrected chi connectivity index (χ2v) is 7.19. The van der Waals surface area contributed by atoms with E-state index in [1.807, 2.05) is 18.2 Å². The monoisotopic (exact) mass is 428 g/mol. The minimum atomic E-state index is -0.413. The van der Waals surface area contributed by atoms with Crippen LogP contribution in [0.3, 0.4) is 0 Å². The molecule has 0 bridgehead atoms. The molecular formula is C20H21ClN6O3. The number of unbranched alkanes of at least 4 members (excludes halogenated alkanes) is 1. The topological polar surface area (TPSA) is 106 Å². The fourth-order valence-electron chi connectivity index (χ4n) is 3.12. The zero-order valence-electron chi connectivity index (χ0n) is 16.4. The summed E-state index contributed by atoms with van der Waals surface area (Å²) < 4.78 is 10.5. The molecule has 1 aromatic carbocycles. The van der Waals surface area contributed by atoms with E-state index >= 15 is 0 Å². The van der Waals surface area contributed by atoms with Crippen molar-refractivity contribution in [2.24, 2.45) is 0 Å². The molecule has 3 heterocycles. The molecule has 1 amide bonds. The zero-order chi connectivity index (χ0) is 20.9. The second kappa shape index (κ2) is 9.08. The lowest BCUT2D eigenvalue weighted by Gasteiger charge is -2.16. The van der Waals surface area contributed by atoms with Gasteiger partial charge in [-0.3, -0.25) is 4.90 Å². The van der Waals surface area contributed by atoms with Crippen molar-refractivity contribution >= 4 is 29.5 Å². The van der Waals surface area contributed by atoms with Gasteiger partial charge in [-0.25, -0.2) is 9.78 Å². The van der Waals surface area contributed by atoms with E-state index in [2.05, 4.69) is 32.3 Å². The highest BCUT2D eigenvalue weighted by Crippen LogP contribution is 2.28. The highest BCUT2D eigenvalue weighted by Gasteiger charge is 2.26. The number of hydrogen-bond donors (Lipinski definition) is 1. The molecular weight excluding hydrogens is 408 g/mol. The van der Waals surface area contributed by atoms with Crippen LogP contribution in [-0.4, -0.2) is 39.4 Å². The summed E-state index contributed by atoms with van der Waals surface area (Å²) in [4.78, 5) is 26.5. The van der Waals surface area contributed by atoms with Crippen molar-refractivity contribution in [2.75, 3.05) is 23.4 Å². The van der Waals surface area contributed by atoms with Gasteiger partial charge in [-0.2, -0.15) is 9.97 Å². The Labute approximate surface area is 178 Å². The number of carbonyl (C=O) groups is 1. The molecule has 1 unspecified atom stereocenters. The lowest BCUT2D eigenvalue weighted by molar-refractivity contribution is 0.181. The first-order valence-electron chi connectivity index (χ1n) is 9.78. The molecule has 1 atom stereocenters. The van der Waals surface area contributed by atoms with Crippen LogP contribution >= 0.6 is 11.6 Å². The van der Waals surface area contributed by atoms with Gasteiger partial charge in [-0.15, -0.1) is 0 Å². The molecule has 156 valence electrons. The molecule has 1 aliphatic rings. The largest absolute Gasteiger partial charge is 0.447 e. The molecule has 1 saturated heterocycles. The number of cyclic esters (lactones) is 1. The van der Waals surface area contributed by atoms with Gasteiger partial charge in [0.15, 0.2) is 0 Å². The second-order valence-electron chi connectivity index (χ2n) is 6.78. The summed E-state index contributed by atoms with van der Waals surface area (Å²) in [6, 6.07) is 8.72. The van der Waals surface area contributed by atoms with E-state index in [-0.39, 0.29) is 6.04 Å². The maximum absolute atomic E-state index is 11.8. The summed E-state index contributed by atoms with van der Waals surface area (Å²) in [6.07, 6.45) is 3.88. The average molecular weight is 429 g/mol. The van der Waals surface area contributed by atoms with Gasteiger partial charge in [-0.05, 0) is 24.6 Å². The van der Waals surface area contributed by atoms with Gasteiger partial charge in [0.05, 0.1) is 11.6 Å². The average Bonchev–Trinajstić information content (AvgIpc) is 3.41. The Balaban J connectivity index is 1.57. The van der Waals surface area contributed by atoms with Crippen molar-refractivity contribution in [1.82, 2.24) is 20.1 Å². The number of benzene rings is 1. The molecule has 9 nitrogen and oxygen atoms in total. The van der Waals surface area contributed by atoms with Crippen molar-refractivity contribution in [3.63, 3.8) is 0 Å². The minimum Gasteiger partial charge on any atom is -0.447 e. The number of halogens is 1. The minimum absolute atomic E-state index is 0.283. The van der Waals surface area contributed by atoms with Gasteiger partial charge >= 0.3 is 6.09 Å². The summed E-state index contributed by atoms with van der Waals surface area (Å²) in [5, 5.41) is 7.90. The van der Waals surface area contributed by atoms with Gasteiger partial charge in [0.2, 0.25) is 17.7 Å². The van der Waals surface area contributed by atoms with Crippen LogP contribution in [0.15, 0.2) is 41.1 Å². The van der Waals surface area contributed by atoms with Crippen LogP contribution in [0, 0.1) is 0 Å². The summed E-state index contributed by atoms with van der Waals surface area (Å²) >= 11 is 6.25. The van der Waals surface area contributed by atoms with Crippen LogP contribution < -0.4 is 10.2 Å². The van der Waals surface area contributed by atoms with Crippen LogP contribution in [-0.2, 0) is 4.74 Å². The molecule has 0 aliphatic carbocycles. The van der Waals surface area contributed by atoms with E-state index in [9.17, 15) is 4.79 Å². The molecule has 10 heteroatoms. The van der Waals surface area contributed by atoms with Gasteiger partial charge < -0.3 is 14.6 Å². The lowest BCUT2D eigenvalue weighted by Crippen LogP contribution is -2.25. The number of nitrogens with one attached hydrogen (secondary N) is 1. The van der Waals surface area contributed by atoms with Gasteiger partial charge in [0, 0.05) is 11.8 Å². The molecule has 0 saturated carbocycles. The van der Waals surface area contributed by atoms with Crippen LogP contribution in [0.25, 0.3) is 11.4 Å². The molecule has 3 aromatic rings. The highest BCUT2D eigenvalue weighted by atomic mass is 35.5. The van der Waals surface area contributed by atoms with E-state index in [0.29, 0.717) is 47.2 Å². The van der Waals surface area contributed by atoms with Crippen molar-refractivity contribution in [2.45, 2.75) is 32.2 Å². The van der Waals surface area contributed by atoms with Gasteiger partial charge in [-0.1, -0.05) is 48.7 Å². The third kappa shape index (κ3) is 4.35. The number of hydrogen-bond acceptors (Lipinski definition) is 8. The van der Waals surface area contributed by atoms with Crippen LogP contribution in [0.1, 0.15) is 38.1 Å². The number of nitrogens with zero attached hydrogens (tertiary/aromatic N) is 5. The molecule has 0 spiro atoms. The Morgan fingerprint density at radius 2 is 2.13 bits per heavy atom. The number of ether oxygens (including phenoxy) is 1. The molecule has 4 rings (SSSR count). The summed E-state index contributed by atoms with van der Waals surface area (Å²) in [5.41, 5.74) is 0.703. The predicted molar refractivity (Wildman–Crippen MR) is 111 cm³/mol. The first kappa shape index (κ1) is 20.1. The Morgan fingerprint density at radius 1 is 1.27 bits per heavy atom. The van der Waals surface area contributed by atoms with E-state index < -0.39 is 6.09 Å². The summed E-state index contributed by atoms with van der Waals surface area (Å²) in [7, 11) is 0. The predicted octanol–water partition coefficient (Wildman–Crippen LogP) is 4.48. The van der Waals surface area contributed by atoms with Gasteiger partial charge in [0.25, 0.3) is 0 Å². The first-order valence-corrected chi connectivity index (χ1v) is 10.2. The van der Waals surface area contributed by atoms with Crippen molar-refractivity contribution in [3.8, 4) is 11.4 Å². The van der Waals surface area contributed by atoms with Crippen molar-refractivity contribution < 1.29 is 14.1 Å². The fraction of sp³-hybridized carbons (Fsp3) is 0.350. The van der Waals surface area contributed by atoms with Crippen LogP contribution in [0.4, 0.5) is 16.6 Å². The number of rotatable bonds is 8. The first-order chi connectivity index (χ1) is 14.7. The van der Waals surface area contributed by atoms with Gasteiger partial charge in [0.1, 0.15) is 18.5 Å². The molecule has 1 fully saturated rings. The third-order valence-corrected chi connectivity index (χ3v) is 5.01. The number of aromatic nitrogens is 4. The number of amides is 1. The normalized spacial score (nSPS) is 14.6. The Bertz CT molecular complexity index is 1030. The Hall–Kier alpha value is -3.20. The maximum atomic E-state index is 11.8. The molecule has 1 N–H and O–H groups in total. The van der Waals surface area contributed by atoms with E-state index in [4.69, 9.17) is 20.9 Å². The number of carbonyl (C=O) groups excluding carboxylic acids is 1. The standard InChI is InChI=1S/C20H21ClN6O3/c1-2-3-8-15(18-25-17(26-30-18)13-6-4-5-7-14(13)21)23-19-22-10-9-16(24-19)27-11-12-29-20(27)28/h4-7,9-10,15H,2-3,8,11-12H2,1H3,(H,22,23,24). The van der Waals surface area contributed by atoms with E-state index in [1.54, 1.807) is 18.3 Å². The third-order valence-electron chi connectivity index (χ3n) is 4.68. The SMILES string of the molecule is CCCCC(Nc1nccc(N2CCOC2=O)n1)c1nc(-c2ccccc2Cl)no1. The molecule has 2 aromatic heterocycles. The molecule has 1 aliphatic heterocycles. The smallest absolute Gasteiger partial charge is 0.415 e. The Morgan fingerprint density at radius 3 is 2.90 bits per heavy atom. The lowest BCUT2D eigenvalue weighted by atomic mass is 10.1. The van der Waals surface area contributed by atoms with Crippen LogP contribution in [0.5, 0.6) is 0 Å². The number of anilines is 2. The maximum Gasteiger partial charge on any atom is 0.415 e. The highest BCUT2D eigenvalue weighted by molar-refractivity contribution is 6.33. The van der Waals surface area contributed by atoms with Crippen LogP contribution in [0.2, 0.25) is 5.02 Å². The van der Waals surface area contributed by atoms with Crippen molar-refractivity contribution in [3.05, 3.63) is 47.4 Å². The quantitative estimate of drug-likeness (QED) is 0.559. The molecule has 30 heavy (non-hydrogen) atoms.